The van der Waals surface area contributed by atoms with Crippen LogP contribution in [0, 0.1) is 5.92 Å². The van der Waals surface area contributed by atoms with Crippen LogP contribution in [0.15, 0.2) is 30.3 Å². The molecule has 3 atom stereocenters. The highest BCUT2D eigenvalue weighted by atomic mass is 35.5. The van der Waals surface area contributed by atoms with E-state index >= 15 is 0 Å². The predicted octanol–water partition coefficient (Wildman–Crippen LogP) is 3.51. The third-order valence-corrected chi connectivity index (χ3v) is 5.54. The lowest BCUT2D eigenvalue weighted by Crippen LogP contribution is -2.50. The van der Waals surface area contributed by atoms with Crippen molar-refractivity contribution in [3.05, 3.63) is 35.9 Å². The summed E-state index contributed by atoms with van der Waals surface area (Å²) < 4.78 is 0. The van der Waals surface area contributed by atoms with E-state index in [1.165, 1.54) is 5.56 Å². The van der Waals surface area contributed by atoms with Crippen molar-refractivity contribution in [2.45, 2.75) is 56.9 Å². The SMILES string of the molecule is CC1(c2ccccc2)CCCN(C(=O)C2CCCC(N)C2)C1.Cl. The molecule has 1 aromatic rings. The van der Waals surface area contributed by atoms with Gasteiger partial charge in [-0.15, -0.1) is 12.4 Å². The Morgan fingerprint density at radius 2 is 1.96 bits per heavy atom. The number of likely N-dealkylation sites (tertiary alicyclic amines) is 1. The molecule has 1 aliphatic heterocycles. The van der Waals surface area contributed by atoms with Crippen LogP contribution in [0.4, 0.5) is 0 Å². The Bertz CT molecular complexity index is 521. The quantitative estimate of drug-likeness (QED) is 0.898. The molecule has 2 fully saturated rings. The van der Waals surface area contributed by atoms with Crippen molar-refractivity contribution < 1.29 is 4.79 Å². The van der Waals surface area contributed by atoms with Gasteiger partial charge in [0.25, 0.3) is 0 Å². The number of hydrogen-bond donors (Lipinski definition) is 1. The minimum absolute atomic E-state index is 0. The van der Waals surface area contributed by atoms with Crippen LogP contribution in [0.2, 0.25) is 0 Å². The van der Waals surface area contributed by atoms with Gasteiger partial charge in [0.05, 0.1) is 0 Å². The zero-order chi connectivity index (χ0) is 15.6. The molecule has 0 aromatic heterocycles. The lowest BCUT2D eigenvalue weighted by Gasteiger charge is -2.42. The molecular weight excluding hydrogens is 308 g/mol. The van der Waals surface area contributed by atoms with Gasteiger partial charge in [0.15, 0.2) is 0 Å². The van der Waals surface area contributed by atoms with Gasteiger partial charge in [-0.05, 0) is 37.7 Å². The molecule has 128 valence electrons. The Morgan fingerprint density at radius 1 is 1.22 bits per heavy atom. The van der Waals surface area contributed by atoms with Crippen LogP contribution < -0.4 is 5.73 Å². The Morgan fingerprint density at radius 3 is 2.65 bits per heavy atom. The van der Waals surface area contributed by atoms with Crippen molar-refractivity contribution in [2.24, 2.45) is 11.7 Å². The van der Waals surface area contributed by atoms with Gasteiger partial charge in [0.2, 0.25) is 5.91 Å². The number of carbonyl (C=O) groups excluding carboxylic acids is 1. The summed E-state index contributed by atoms with van der Waals surface area (Å²) in [7, 11) is 0. The molecule has 1 saturated heterocycles. The molecule has 3 unspecified atom stereocenters. The monoisotopic (exact) mass is 336 g/mol. The van der Waals surface area contributed by atoms with E-state index in [1.807, 2.05) is 0 Å². The second-order valence-corrected chi connectivity index (χ2v) is 7.41. The first-order chi connectivity index (χ1) is 10.6. The number of nitrogens with zero attached hydrogens (tertiary/aromatic N) is 1. The van der Waals surface area contributed by atoms with Crippen LogP contribution in [0.3, 0.4) is 0 Å². The third kappa shape index (κ3) is 4.07. The standard InChI is InChI=1S/C19H28N2O.ClH/c1-19(16-8-3-2-4-9-16)11-6-12-21(14-19)18(22)15-7-5-10-17(20)13-15;/h2-4,8-9,15,17H,5-7,10-14,20H2,1H3;1H. The fraction of sp³-hybridized carbons (Fsp3) is 0.632. The maximum Gasteiger partial charge on any atom is 0.225 e. The fourth-order valence-corrected chi connectivity index (χ4v) is 4.21. The molecule has 4 heteroatoms. The molecule has 1 aromatic carbocycles. The number of benzene rings is 1. The minimum atomic E-state index is 0. The van der Waals surface area contributed by atoms with Gasteiger partial charge in [-0.2, -0.15) is 0 Å². The van der Waals surface area contributed by atoms with Crippen LogP contribution >= 0.6 is 12.4 Å². The maximum absolute atomic E-state index is 12.9. The number of hydrogen-bond acceptors (Lipinski definition) is 2. The van der Waals surface area contributed by atoms with Gasteiger partial charge in [-0.25, -0.2) is 0 Å². The summed E-state index contributed by atoms with van der Waals surface area (Å²) >= 11 is 0. The average molecular weight is 337 g/mol. The fourth-order valence-electron chi connectivity index (χ4n) is 4.21. The number of carbonyl (C=O) groups is 1. The van der Waals surface area contributed by atoms with Crippen LogP contribution in [-0.2, 0) is 10.2 Å². The number of nitrogens with two attached hydrogens (primary N) is 1. The topological polar surface area (TPSA) is 46.3 Å². The van der Waals surface area contributed by atoms with E-state index in [-0.39, 0.29) is 29.8 Å². The number of piperidine rings is 1. The Kier molecular flexibility index (Phi) is 6.10. The van der Waals surface area contributed by atoms with Gasteiger partial charge in [-0.3, -0.25) is 4.79 Å². The van der Waals surface area contributed by atoms with Gasteiger partial charge in [0.1, 0.15) is 0 Å². The highest BCUT2D eigenvalue weighted by Crippen LogP contribution is 2.35. The highest BCUT2D eigenvalue weighted by Gasteiger charge is 2.37. The molecule has 2 N–H and O–H groups in total. The van der Waals surface area contributed by atoms with Crippen LogP contribution in [0.5, 0.6) is 0 Å². The molecule has 1 amide bonds. The second kappa shape index (κ2) is 7.67. The van der Waals surface area contributed by atoms with Gasteiger partial charge < -0.3 is 10.6 Å². The van der Waals surface area contributed by atoms with Crippen molar-refractivity contribution in [3.63, 3.8) is 0 Å². The molecule has 0 radical (unpaired) electrons. The molecule has 0 bridgehead atoms. The van der Waals surface area contributed by atoms with E-state index < -0.39 is 0 Å². The second-order valence-electron chi connectivity index (χ2n) is 7.41. The third-order valence-electron chi connectivity index (χ3n) is 5.54. The van der Waals surface area contributed by atoms with Crippen molar-refractivity contribution in [3.8, 4) is 0 Å². The normalized spacial score (nSPS) is 31.3. The van der Waals surface area contributed by atoms with Gasteiger partial charge >= 0.3 is 0 Å². The highest BCUT2D eigenvalue weighted by molar-refractivity contribution is 5.85. The molecule has 1 heterocycles. The first-order valence-corrected chi connectivity index (χ1v) is 8.68. The summed E-state index contributed by atoms with van der Waals surface area (Å²) in [5.41, 5.74) is 7.51. The molecule has 3 nitrogen and oxygen atoms in total. The van der Waals surface area contributed by atoms with E-state index in [1.54, 1.807) is 0 Å². The van der Waals surface area contributed by atoms with Crippen LogP contribution in [-0.4, -0.2) is 29.9 Å². The Balaban J connectivity index is 0.00000192. The van der Waals surface area contributed by atoms with Gasteiger partial charge in [-0.1, -0.05) is 43.7 Å². The molecule has 2 aliphatic rings. The summed E-state index contributed by atoms with van der Waals surface area (Å²) in [6.45, 7) is 4.06. The number of halogens is 1. The average Bonchev–Trinajstić information content (AvgIpc) is 2.55. The summed E-state index contributed by atoms with van der Waals surface area (Å²) in [4.78, 5) is 15.0. The number of amides is 1. The summed E-state index contributed by atoms with van der Waals surface area (Å²) in [5, 5.41) is 0. The number of rotatable bonds is 2. The molecule has 3 rings (SSSR count). The lowest BCUT2D eigenvalue weighted by molar-refractivity contribution is -0.139. The van der Waals surface area contributed by atoms with E-state index in [9.17, 15) is 4.79 Å². The largest absolute Gasteiger partial charge is 0.342 e. The lowest BCUT2D eigenvalue weighted by atomic mass is 9.75. The first-order valence-electron chi connectivity index (χ1n) is 8.68. The summed E-state index contributed by atoms with van der Waals surface area (Å²) in [6, 6.07) is 10.9. The van der Waals surface area contributed by atoms with Crippen LogP contribution in [0.1, 0.15) is 51.0 Å². The van der Waals surface area contributed by atoms with E-state index in [0.29, 0.717) is 5.91 Å². The molecular formula is C19H29ClN2O. The molecule has 1 aliphatic carbocycles. The molecule has 1 saturated carbocycles. The van der Waals surface area contributed by atoms with Crippen molar-refractivity contribution in [1.82, 2.24) is 4.90 Å². The zero-order valence-electron chi connectivity index (χ0n) is 14.0. The summed E-state index contributed by atoms with van der Waals surface area (Å²) in [5.74, 6) is 0.499. The minimum Gasteiger partial charge on any atom is -0.342 e. The van der Waals surface area contributed by atoms with E-state index in [2.05, 4.69) is 42.2 Å². The van der Waals surface area contributed by atoms with E-state index in [4.69, 9.17) is 5.73 Å². The van der Waals surface area contributed by atoms with Crippen molar-refractivity contribution in [2.75, 3.05) is 13.1 Å². The van der Waals surface area contributed by atoms with Crippen LogP contribution in [0.25, 0.3) is 0 Å². The smallest absolute Gasteiger partial charge is 0.225 e. The van der Waals surface area contributed by atoms with Crippen molar-refractivity contribution in [1.29, 1.82) is 0 Å². The molecule has 23 heavy (non-hydrogen) atoms. The van der Waals surface area contributed by atoms with Crippen molar-refractivity contribution >= 4 is 18.3 Å². The first kappa shape index (κ1) is 18.3. The zero-order valence-corrected chi connectivity index (χ0v) is 14.9. The molecule has 0 spiro atoms. The van der Waals surface area contributed by atoms with E-state index in [0.717, 1.165) is 51.6 Å². The maximum atomic E-state index is 12.9. The van der Waals surface area contributed by atoms with Gasteiger partial charge in [0, 0.05) is 30.5 Å². The summed E-state index contributed by atoms with van der Waals surface area (Å²) in [6.07, 6.45) is 6.32. The Labute approximate surface area is 146 Å². The Hall–Kier alpha value is -1.06. The predicted molar refractivity (Wildman–Crippen MR) is 96.8 cm³/mol.